The molecule has 1 saturated carbocycles. The van der Waals surface area contributed by atoms with Crippen LogP contribution in [-0.2, 0) is 4.74 Å². The van der Waals surface area contributed by atoms with Gasteiger partial charge in [-0.2, -0.15) is 0 Å². The molecule has 3 unspecified atom stereocenters. The van der Waals surface area contributed by atoms with Crippen LogP contribution in [0, 0.1) is 5.92 Å². The van der Waals surface area contributed by atoms with Crippen LogP contribution < -0.4 is 5.32 Å². The second-order valence-corrected chi connectivity index (χ2v) is 6.17. The molecule has 3 rings (SSSR count). The van der Waals surface area contributed by atoms with Crippen LogP contribution >= 0.6 is 0 Å². The minimum absolute atomic E-state index is 0.538. The minimum atomic E-state index is 0.538. The third kappa shape index (κ3) is 3.01. The minimum Gasteiger partial charge on any atom is -0.376 e. The van der Waals surface area contributed by atoms with Gasteiger partial charge in [0.1, 0.15) is 0 Å². The number of ether oxygens (including phenoxy) is 1. The average Bonchev–Trinajstić information content (AvgIpc) is 3.09. The number of rotatable bonds is 3. The topological polar surface area (TPSA) is 24.5 Å². The summed E-state index contributed by atoms with van der Waals surface area (Å²) in [5.74, 6) is 0.878. The highest BCUT2D eigenvalue weighted by Crippen LogP contribution is 2.39. The van der Waals surface area contributed by atoms with E-state index >= 15 is 0 Å². The summed E-state index contributed by atoms with van der Waals surface area (Å²) in [6.45, 7) is 3.50. The molecule has 1 aliphatic carbocycles. The molecule has 0 aromatic rings. The van der Waals surface area contributed by atoms with Gasteiger partial charge in [0.2, 0.25) is 0 Å². The van der Waals surface area contributed by atoms with Gasteiger partial charge in [-0.3, -0.25) is 0 Å². The van der Waals surface area contributed by atoms with Crippen molar-refractivity contribution in [2.24, 2.45) is 5.92 Å². The standard InChI is InChI=1S/C14H26N2O/c1-16-8-2-3-12(6-9-16)15-13-7-10-17-14(13)11-4-5-11/h11-15H,2-10H2,1H3. The molecular weight excluding hydrogens is 212 g/mol. The van der Waals surface area contributed by atoms with Crippen LogP contribution in [0.1, 0.15) is 38.5 Å². The maximum atomic E-state index is 5.91. The predicted molar refractivity (Wildman–Crippen MR) is 69.1 cm³/mol. The Balaban J connectivity index is 1.51. The summed E-state index contributed by atoms with van der Waals surface area (Å²) in [4.78, 5) is 2.46. The number of nitrogens with zero attached hydrogens (tertiary/aromatic N) is 1. The number of hydrogen-bond acceptors (Lipinski definition) is 3. The molecule has 3 nitrogen and oxygen atoms in total. The molecule has 98 valence electrons. The van der Waals surface area contributed by atoms with E-state index in [9.17, 15) is 0 Å². The Hall–Kier alpha value is -0.120. The molecule has 0 radical (unpaired) electrons. The van der Waals surface area contributed by atoms with Gasteiger partial charge in [-0.25, -0.2) is 0 Å². The van der Waals surface area contributed by atoms with E-state index in [2.05, 4.69) is 17.3 Å². The molecule has 0 bridgehead atoms. The van der Waals surface area contributed by atoms with Gasteiger partial charge >= 0.3 is 0 Å². The van der Waals surface area contributed by atoms with Gasteiger partial charge < -0.3 is 15.0 Å². The Bertz CT molecular complexity index is 255. The van der Waals surface area contributed by atoms with Gasteiger partial charge in [0.05, 0.1) is 6.10 Å². The lowest BCUT2D eigenvalue weighted by Crippen LogP contribution is -2.44. The molecule has 0 aromatic heterocycles. The van der Waals surface area contributed by atoms with Crippen LogP contribution in [0.25, 0.3) is 0 Å². The van der Waals surface area contributed by atoms with Gasteiger partial charge in [0.15, 0.2) is 0 Å². The van der Waals surface area contributed by atoms with Crippen LogP contribution in [0.4, 0.5) is 0 Å². The van der Waals surface area contributed by atoms with Crippen molar-refractivity contribution in [2.45, 2.75) is 56.7 Å². The van der Waals surface area contributed by atoms with Crippen molar-refractivity contribution < 1.29 is 4.74 Å². The average molecular weight is 238 g/mol. The molecule has 1 N–H and O–H groups in total. The van der Waals surface area contributed by atoms with Gasteiger partial charge in [-0.15, -0.1) is 0 Å². The largest absolute Gasteiger partial charge is 0.376 e. The van der Waals surface area contributed by atoms with Crippen LogP contribution in [0.5, 0.6) is 0 Å². The molecule has 2 saturated heterocycles. The lowest BCUT2D eigenvalue weighted by molar-refractivity contribution is 0.0784. The van der Waals surface area contributed by atoms with E-state index in [1.54, 1.807) is 0 Å². The van der Waals surface area contributed by atoms with Crippen LogP contribution in [-0.4, -0.2) is 49.8 Å². The van der Waals surface area contributed by atoms with Crippen molar-refractivity contribution >= 4 is 0 Å². The molecular formula is C14H26N2O. The zero-order valence-corrected chi connectivity index (χ0v) is 11.0. The second-order valence-electron chi connectivity index (χ2n) is 6.17. The summed E-state index contributed by atoms with van der Waals surface area (Å²) < 4.78 is 5.91. The molecule has 3 heteroatoms. The number of nitrogens with one attached hydrogen (secondary N) is 1. The first-order chi connectivity index (χ1) is 8.33. The van der Waals surface area contributed by atoms with Crippen LogP contribution in [0.2, 0.25) is 0 Å². The van der Waals surface area contributed by atoms with Crippen molar-refractivity contribution in [3.8, 4) is 0 Å². The van der Waals surface area contributed by atoms with E-state index in [1.165, 1.54) is 51.6 Å². The lowest BCUT2D eigenvalue weighted by Gasteiger charge is -2.25. The Labute approximate surface area is 105 Å². The molecule has 0 aromatic carbocycles. The highest BCUT2D eigenvalue weighted by atomic mass is 16.5. The quantitative estimate of drug-likeness (QED) is 0.809. The summed E-state index contributed by atoms with van der Waals surface area (Å²) in [5.41, 5.74) is 0. The maximum absolute atomic E-state index is 5.91. The molecule has 3 aliphatic rings. The zero-order chi connectivity index (χ0) is 11.7. The summed E-state index contributed by atoms with van der Waals surface area (Å²) in [5, 5.41) is 3.90. The fraction of sp³-hybridized carbons (Fsp3) is 1.00. The summed E-state index contributed by atoms with van der Waals surface area (Å²) >= 11 is 0. The van der Waals surface area contributed by atoms with Crippen molar-refractivity contribution in [3.05, 3.63) is 0 Å². The van der Waals surface area contributed by atoms with Crippen LogP contribution in [0.15, 0.2) is 0 Å². The van der Waals surface area contributed by atoms with E-state index in [0.717, 1.165) is 18.6 Å². The zero-order valence-electron chi connectivity index (χ0n) is 11.0. The van der Waals surface area contributed by atoms with E-state index in [4.69, 9.17) is 4.74 Å². The fourth-order valence-corrected chi connectivity index (χ4v) is 3.39. The van der Waals surface area contributed by atoms with E-state index in [0.29, 0.717) is 12.1 Å². The predicted octanol–water partition coefficient (Wildman–Crippen LogP) is 1.63. The molecule has 0 amide bonds. The normalized spacial score (nSPS) is 40.4. The van der Waals surface area contributed by atoms with Gasteiger partial charge in [-0.05, 0) is 64.6 Å². The third-order valence-electron chi connectivity index (χ3n) is 4.62. The smallest absolute Gasteiger partial charge is 0.0757 e. The van der Waals surface area contributed by atoms with Crippen LogP contribution in [0.3, 0.4) is 0 Å². The van der Waals surface area contributed by atoms with Crippen molar-refractivity contribution in [2.75, 3.05) is 26.7 Å². The van der Waals surface area contributed by atoms with E-state index < -0.39 is 0 Å². The van der Waals surface area contributed by atoms with E-state index in [1.807, 2.05) is 0 Å². The molecule has 2 aliphatic heterocycles. The molecule has 0 spiro atoms. The van der Waals surface area contributed by atoms with E-state index in [-0.39, 0.29) is 0 Å². The Morgan fingerprint density at radius 3 is 2.76 bits per heavy atom. The van der Waals surface area contributed by atoms with Crippen molar-refractivity contribution in [1.82, 2.24) is 10.2 Å². The Morgan fingerprint density at radius 2 is 1.94 bits per heavy atom. The Kier molecular flexibility index (Phi) is 3.69. The maximum Gasteiger partial charge on any atom is 0.0757 e. The molecule has 2 heterocycles. The van der Waals surface area contributed by atoms with Gasteiger partial charge in [-0.1, -0.05) is 0 Å². The number of hydrogen-bond donors (Lipinski definition) is 1. The second kappa shape index (κ2) is 5.25. The SMILES string of the molecule is CN1CCCC(NC2CCOC2C2CC2)CC1. The first-order valence-electron chi connectivity index (χ1n) is 7.39. The van der Waals surface area contributed by atoms with Gasteiger partial charge in [0, 0.05) is 18.7 Å². The summed E-state index contributed by atoms with van der Waals surface area (Å²) in [6.07, 6.45) is 8.56. The number of likely N-dealkylation sites (tertiary alicyclic amines) is 1. The first kappa shape index (κ1) is 11.9. The third-order valence-corrected chi connectivity index (χ3v) is 4.62. The van der Waals surface area contributed by atoms with Crippen molar-refractivity contribution in [1.29, 1.82) is 0 Å². The monoisotopic (exact) mass is 238 g/mol. The summed E-state index contributed by atoms with van der Waals surface area (Å²) in [6, 6.07) is 1.38. The molecule has 17 heavy (non-hydrogen) atoms. The molecule has 3 fully saturated rings. The first-order valence-corrected chi connectivity index (χ1v) is 7.39. The lowest BCUT2D eigenvalue weighted by atomic mass is 10.0. The highest BCUT2D eigenvalue weighted by molar-refractivity contribution is 4.95. The highest BCUT2D eigenvalue weighted by Gasteiger charge is 2.41. The van der Waals surface area contributed by atoms with Gasteiger partial charge in [0.25, 0.3) is 0 Å². The fourth-order valence-electron chi connectivity index (χ4n) is 3.39. The Morgan fingerprint density at radius 1 is 1.06 bits per heavy atom. The molecule has 3 atom stereocenters. The summed E-state index contributed by atoms with van der Waals surface area (Å²) in [7, 11) is 2.24. The van der Waals surface area contributed by atoms with Crippen molar-refractivity contribution in [3.63, 3.8) is 0 Å².